The van der Waals surface area contributed by atoms with Gasteiger partial charge in [-0.25, -0.2) is 0 Å². The van der Waals surface area contributed by atoms with Crippen LogP contribution in [-0.4, -0.2) is 43.6 Å². The number of anilines is 1. The molecule has 0 saturated carbocycles. The van der Waals surface area contributed by atoms with Crippen LogP contribution in [0.2, 0.25) is 5.02 Å². The van der Waals surface area contributed by atoms with Crippen LogP contribution in [0.4, 0.5) is 5.69 Å². The van der Waals surface area contributed by atoms with Gasteiger partial charge in [0.05, 0.1) is 17.3 Å². The van der Waals surface area contributed by atoms with Crippen LogP contribution in [0.5, 0.6) is 5.75 Å². The van der Waals surface area contributed by atoms with Gasteiger partial charge >= 0.3 is 0 Å². The number of halogens is 1. The Morgan fingerprint density at radius 2 is 1.89 bits per heavy atom. The van der Waals surface area contributed by atoms with Crippen molar-refractivity contribution in [3.63, 3.8) is 0 Å². The molecule has 0 saturated heterocycles. The summed E-state index contributed by atoms with van der Waals surface area (Å²) in [7, 11) is 1.57. The third kappa shape index (κ3) is 3.97. The van der Waals surface area contributed by atoms with E-state index >= 15 is 0 Å². The van der Waals surface area contributed by atoms with Gasteiger partial charge in [0.25, 0.3) is 5.91 Å². The fourth-order valence-corrected chi connectivity index (χ4v) is 3.05. The Bertz CT molecular complexity index is 862. The zero-order valence-corrected chi connectivity index (χ0v) is 15.6. The minimum atomic E-state index is -0.379. The average Bonchev–Trinajstić information content (AvgIpc) is 2.89. The highest BCUT2D eigenvalue weighted by molar-refractivity contribution is 6.32. The fraction of sp³-hybridized carbons (Fsp3) is 0.200. The fourth-order valence-electron chi connectivity index (χ4n) is 2.82. The SMILES string of the molecule is C=C1c2ccccc2C(=O)N1CC(=O)Nc1cccc(Cl)c1OCCOC. The highest BCUT2D eigenvalue weighted by atomic mass is 35.5. The van der Waals surface area contributed by atoms with Crippen LogP contribution in [0, 0.1) is 0 Å². The molecule has 1 N–H and O–H groups in total. The van der Waals surface area contributed by atoms with Crippen LogP contribution in [0.3, 0.4) is 0 Å². The first-order valence-electron chi connectivity index (χ1n) is 8.33. The summed E-state index contributed by atoms with van der Waals surface area (Å²) in [6.07, 6.45) is 0. The molecule has 0 atom stereocenters. The second kappa shape index (κ2) is 8.24. The summed E-state index contributed by atoms with van der Waals surface area (Å²) in [5, 5.41) is 3.12. The lowest BCUT2D eigenvalue weighted by molar-refractivity contribution is -0.116. The van der Waals surface area contributed by atoms with Gasteiger partial charge in [0, 0.05) is 23.9 Å². The Morgan fingerprint density at radius 1 is 1.15 bits per heavy atom. The number of fused-ring (bicyclic) bond motifs is 1. The van der Waals surface area contributed by atoms with Crippen LogP contribution in [0.15, 0.2) is 49.0 Å². The number of methoxy groups -OCH3 is 1. The third-order valence-corrected chi connectivity index (χ3v) is 4.41. The zero-order chi connectivity index (χ0) is 19.4. The molecular weight excluding hydrogens is 368 g/mol. The van der Waals surface area contributed by atoms with Crippen molar-refractivity contribution in [1.82, 2.24) is 4.90 Å². The monoisotopic (exact) mass is 386 g/mol. The third-order valence-electron chi connectivity index (χ3n) is 4.12. The Kier molecular flexibility index (Phi) is 5.78. The Balaban J connectivity index is 1.71. The van der Waals surface area contributed by atoms with Gasteiger partial charge in [0.2, 0.25) is 5.91 Å². The maximum Gasteiger partial charge on any atom is 0.259 e. The maximum atomic E-state index is 12.5. The number of rotatable bonds is 7. The van der Waals surface area contributed by atoms with Crippen molar-refractivity contribution in [3.8, 4) is 5.75 Å². The van der Waals surface area contributed by atoms with Gasteiger partial charge < -0.3 is 14.8 Å². The second-order valence-electron chi connectivity index (χ2n) is 5.89. The van der Waals surface area contributed by atoms with E-state index in [0.717, 1.165) is 5.56 Å². The number of hydrogen-bond acceptors (Lipinski definition) is 4. The van der Waals surface area contributed by atoms with Crippen molar-refractivity contribution < 1.29 is 19.1 Å². The normalized spacial score (nSPS) is 12.9. The number of hydrogen-bond donors (Lipinski definition) is 1. The van der Waals surface area contributed by atoms with Crippen LogP contribution in [-0.2, 0) is 9.53 Å². The van der Waals surface area contributed by atoms with E-state index in [1.165, 1.54) is 4.90 Å². The van der Waals surface area contributed by atoms with E-state index < -0.39 is 0 Å². The molecule has 3 rings (SSSR count). The minimum Gasteiger partial charge on any atom is -0.487 e. The van der Waals surface area contributed by atoms with E-state index in [4.69, 9.17) is 21.1 Å². The summed E-state index contributed by atoms with van der Waals surface area (Å²) in [5.41, 5.74) is 2.22. The first-order valence-corrected chi connectivity index (χ1v) is 8.71. The van der Waals surface area contributed by atoms with Crippen LogP contribution < -0.4 is 10.1 Å². The van der Waals surface area contributed by atoms with Crippen molar-refractivity contribution in [2.75, 3.05) is 32.2 Å². The highest BCUT2D eigenvalue weighted by Gasteiger charge is 2.32. The summed E-state index contributed by atoms with van der Waals surface area (Å²) in [6, 6.07) is 12.2. The number of ether oxygens (including phenoxy) is 2. The van der Waals surface area contributed by atoms with Gasteiger partial charge in [-0.15, -0.1) is 0 Å². The van der Waals surface area contributed by atoms with Crippen molar-refractivity contribution in [2.45, 2.75) is 0 Å². The number of amides is 2. The van der Waals surface area contributed by atoms with Gasteiger partial charge in [-0.2, -0.15) is 0 Å². The van der Waals surface area contributed by atoms with E-state index in [2.05, 4.69) is 11.9 Å². The lowest BCUT2D eigenvalue weighted by Gasteiger charge is -2.18. The lowest BCUT2D eigenvalue weighted by atomic mass is 10.1. The van der Waals surface area contributed by atoms with E-state index in [9.17, 15) is 9.59 Å². The molecule has 0 spiro atoms. The quantitative estimate of drug-likeness (QED) is 0.740. The van der Waals surface area contributed by atoms with Crippen molar-refractivity contribution >= 4 is 34.8 Å². The zero-order valence-electron chi connectivity index (χ0n) is 14.8. The molecule has 7 heteroatoms. The number of nitrogens with zero attached hydrogens (tertiary/aromatic N) is 1. The maximum absolute atomic E-state index is 12.5. The molecule has 27 heavy (non-hydrogen) atoms. The van der Waals surface area contributed by atoms with Gasteiger partial charge in [0.1, 0.15) is 13.2 Å². The summed E-state index contributed by atoms with van der Waals surface area (Å²) in [6.45, 7) is 4.46. The largest absolute Gasteiger partial charge is 0.487 e. The molecule has 0 fully saturated rings. The Labute approximate surface area is 162 Å². The van der Waals surface area contributed by atoms with Gasteiger partial charge in [0.15, 0.2) is 5.75 Å². The Morgan fingerprint density at radius 3 is 2.59 bits per heavy atom. The van der Waals surface area contributed by atoms with Gasteiger partial charge in [-0.05, 0) is 18.2 Å². The first-order chi connectivity index (χ1) is 13.0. The molecule has 0 aliphatic carbocycles. The smallest absolute Gasteiger partial charge is 0.259 e. The standard InChI is InChI=1S/C20H19ClN2O4/c1-13-14-6-3-4-7-15(14)20(25)23(13)12-18(24)22-17-9-5-8-16(21)19(17)27-11-10-26-2/h3-9H,1,10-12H2,2H3,(H,22,24). The predicted octanol–water partition coefficient (Wildman–Crippen LogP) is 3.43. The van der Waals surface area contributed by atoms with Crippen LogP contribution in [0.25, 0.3) is 5.70 Å². The first kappa shape index (κ1) is 18.9. The van der Waals surface area contributed by atoms with Gasteiger partial charge in [-0.3, -0.25) is 14.5 Å². The van der Waals surface area contributed by atoms with Crippen molar-refractivity contribution in [1.29, 1.82) is 0 Å². The molecule has 6 nitrogen and oxygen atoms in total. The van der Waals surface area contributed by atoms with Crippen LogP contribution in [0.1, 0.15) is 15.9 Å². The molecule has 1 heterocycles. The number of benzene rings is 2. The molecule has 1 aliphatic rings. The predicted molar refractivity (Wildman–Crippen MR) is 104 cm³/mol. The molecule has 140 valence electrons. The molecule has 1 aliphatic heterocycles. The molecular formula is C20H19ClN2O4. The molecule has 0 bridgehead atoms. The number of nitrogens with one attached hydrogen (secondary N) is 1. The molecule has 0 aromatic heterocycles. The lowest BCUT2D eigenvalue weighted by Crippen LogP contribution is -2.32. The number of carbonyl (C=O) groups excluding carboxylic acids is 2. The van der Waals surface area contributed by atoms with E-state index in [1.807, 2.05) is 12.1 Å². The molecule has 2 aromatic rings. The highest BCUT2D eigenvalue weighted by Crippen LogP contribution is 2.34. The van der Waals surface area contributed by atoms with Crippen molar-refractivity contribution in [2.24, 2.45) is 0 Å². The van der Waals surface area contributed by atoms with Crippen LogP contribution >= 0.6 is 11.6 Å². The molecule has 2 aromatic carbocycles. The van der Waals surface area contributed by atoms with E-state index in [-0.39, 0.29) is 18.4 Å². The number of carbonyl (C=O) groups is 2. The minimum absolute atomic E-state index is 0.156. The summed E-state index contributed by atoms with van der Waals surface area (Å²) in [4.78, 5) is 26.4. The summed E-state index contributed by atoms with van der Waals surface area (Å²) >= 11 is 6.17. The topological polar surface area (TPSA) is 67.9 Å². The molecule has 0 radical (unpaired) electrons. The Hall–Kier alpha value is -2.83. The molecule has 2 amide bonds. The second-order valence-corrected chi connectivity index (χ2v) is 6.30. The summed E-state index contributed by atoms with van der Waals surface area (Å²) in [5.74, 6) is -0.260. The molecule has 0 unspecified atom stereocenters. The van der Waals surface area contributed by atoms with E-state index in [0.29, 0.717) is 40.9 Å². The van der Waals surface area contributed by atoms with E-state index in [1.54, 1.807) is 37.4 Å². The van der Waals surface area contributed by atoms with Crippen molar-refractivity contribution in [3.05, 3.63) is 65.2 Å². The van der Waals surface area contributed by atoms with Gasteiger partial charge in [-0.1, -0.05) is 42.4 Å². The summed E-state index contributed by atoms with van der Waals surface area (Å²) < 4.78 is 10.6. The number of para-hydroxylation sites is 1. The average molecular weight is 387 g/mol.